The maximum Gasteiger partial charge on any atom is 0.253 e. The van der Waals surface area contributed by atoms with Crippen LogP contribution in [-0.4, -0.2) is 43.1 Å². The summed E-state index contributed by atoms with van der Waals surface area (Å²) in [5, 5.41) is 5.98. The Morgan fingerprint density at radius 3 is 2.33 bits per heavy atom. The number of nitrogens with zero attached hydrogens (tertiary/aromatic N) is 2. The molecule has 2 heterocycles. The van der Waals surface area contributed by atoms with Gasteiger partial charge in [0.05, 0.1) is 5.75 Å². The van der Waals surface area contributed by atoms with Crippen molar-refractivity contribution < 1.29 is 8.42 Å². The van der Waals surface area contributed by atoms with Crippen LogP contribution in [0.1, 0.15) is 32.1 Å². The number of hydrogen-bond donors (Lipinski definition) is 2. The van der Waals surface area contributed by atoms with Gasteiger partial charge >= 0.3 is 0 Å². The van der Waals surface area contributed by atoms with Gasteiger partial charge in [0, 0.05) is 37.7 Å². The van der Waals surface area contributed by atoms with Gasteiger partial charge in [-0.15, -0.1) is 0 Å². The second-order valence-corrected chi connectivity index (χ2v) is 10.1. The minimum absolute atomic E-state index is 0.117. The highest BCUT2D eigenvalue weighted by Gasteiger charge is 2.26. The van der Waals surface area contributed by atoms with E-state index in [1.54, 1.807) is 36.7 Å². The van der Waals surface area contributed by atoms with Crippen molar-refractivity contribution in [2.75, 3.05) is 36.0 Å². The average molecular weight is 471 g/mol. The van der Waals surface area contributed by atoms with Crippen LogP contribution in [0.3, 0.4) is 0 Å². The number of pyridine rings is 1. The lowest BCUT2D eigenvalue weighted by Gasteiger charge is -2.28. The molecule has 8 nitrogen and oxygen atoms in total. The Morgan fingerprint density at radius 2 is 1.64 bits per heavy atom. The molecule has 0 unspecified atom stereocenters. The van der Waals surface area contributed by atoms with Gasteiger partial charge in [-0.2, -0.15) is 4.31 Å². The first-order valence-corrected chi connectivity index (χ1v) is 12.7. The molecule has 0 saturated carbocycles. The van der Waals surface area contributed by atoms with E-state index in [1.807, 2.05) is 0 Å². The quantitative estimate of drug-likeness (QED) is 0.342. The van der Waals surface area contributed by atoms with Crippen LogP contribution in [-0.2, 0) is 10.0 Å². The third-order valence-corrected chi connectivity index (χ3v) is 7.67. The Bertz CT molecular complexity index is 1200. The number of anilines is 3. The van der Waals surface area contributed by atoms with Gasteiger partial charge < -0.3 is 10.6 Å². The fourth-order valence-electron chi connectivity index (χ4n) is 3.81. The second-order valence-electron chi connectivity index (χ2n) is 7.97. The summed E-state index contributed by atoms with van der Waals surface area (Å²) in [6.07, 6.45) is 10.3. The highest BCUT2D eigenvalue weighted by atomic mass is 32.2. The molecule has 0 aliphatic carbocycles. The molecule has 1 aliphatic heterocycles. The monoisotopic (exact) mass is 470 g/mol. The van der Waals surface area contributed by atoms with Crippen LogP contribution in [0.15, 0.2) is 70.6 Å². The van der Waals surface area contributed by atoms with Gasteiger partial charge in [-0.1, -0.05) is 38.2 Å². The van der Waals surface area contributed by atoms with Gasteiger partial charge in [0.2, 0.25) is 10.0 Å². The van der Waals surface area contributed by atoms with Gasteiger partial charge in [-0.25, -0.2) is 8.42 Å². The van der Waals surface area contributed by atoms with E-state index in [1.165, 1.54) is 4.31 Å². The van der Waals surface area contributed by atoms with Crippen LogP contribution in [0.4, 0.5) is 17.1 Å². The summed E-state index contributed by atoms with van der Waals surface area (Å²) in [4.78, 5) is 27.6. The molecule has 0 radical (unpaired) electrons. The molecule has 0 fully saturated rings. The summed E-state index contributed by atoms with van der Waals surface area (Å²) in [5.41, 5.74) is 2.18. The highest BCUT2D eigenvalue weighted by Crippen LogP contribution is 2.23. The lowest BCUT2D eigenvalue weighted by molar-refractivity contribution is 0.425. The molecule has 9 heteroatoms. The van der Waals surface area contributed by atoms with Crippen LogP contribution in [0.2, 0.25) is 0 Å². The number of aromatic nitrogens is 1. The van der Waals surface area contributed by atoms with Crippen molar-refractivity contribution in [2.45, 2.75) is 32.1 Å². The molecule has 33 heavy (non-hydrogen) atoms. The minimum atomic E-state index is -3.31. The summed E-state index contributed by atoms with van der Waals surface area (Å²) >= 11 is 0. The van der Waals surface area contributed by atoms with Crippen LogP contribution in [0.5, 0.6) is 0 Å². The van der Waals surface area contributed by atoms with Crippen molar-refractivity contribution in [1.82, 2.24) is 9.29 Å². The zero-order valence-corrected chi connectivity index (χ0v) is 19.5. The molecule has 0 saturated heterocycles. The van der Waals surface area contributed by atoms with Gasteiger partial charge in [-0.05, 0) is 42.5 Å². The number of nitrogens with one attached hydrogen (secondary N) is 2. The van der Waals surface area contributed by atoms with E-state index in [0.717, 1.165) is 30.4 Å². The molecular formula is C24H30N4O4S. The number of unbranched alkanes of at least 4 members (excludes halogenated alkanes) is 3. The van der Waals surface area contributed by atoms with Gasteiger partial charge in [0.15, 0.2) is 0 Å². The van der Waals surface area contributed by atoms with Gasteiger partial charge in [0.1, 0.15) is 11.4 Å². The fourth-order valence-corrected chi connectivity index (χ4v) is 5.34. The predicted molar refractivity (Wildman–Crippen MR) is 133 cm³/mol. The fraction of sp³-hybridized carbons (Fsp3) is 0.375. The van der Waals surface area contributed by atoms with Crippen LogP contribution >= 0.6 is 0 Å². The lowest BCUT2D eigenvalue weighted by Crippen LogP contribution is -2.38. The third-order valence-electron chi connectivity index (χ3n) is 5.77. The Morgan fingerprint density at radius 1 is 0.970 bits per heavy atom. The van der Waals surface area contributed by atoms with Crippen LogP contribution < -0.4 is 21.5 Å². The summed E-state index contributed by atoms with van der Waals surface area (Å²) in [7, 11) is -3.31. The van der Waals surface area contributed by atoms with Crippen molar-refractivity contribution in [3.05, 3.63) is 81.4 Å². The zero-order valence-electron chi connectivity index (χ0n) is 18.7. The molecule has 1 aromatic carbocycles. The Labute approximate surface area is 194 Å². The minimum Gasteiger partial charge on any atom is -0.380 e. The first-order valence-electron chi connectivity index (χ1n) is 11.1. The maximum absolute atomic E-state index is 12.7. The lowest BCUT2D eigenvalue weighted by atomic mass is 10.0. The van der Waals surface area contributed by atoms with Crippen molar-refractivity contribution >= 4 is 27.1 Å². The number of hydrogen-bond acceptors (Lipinski definition) is 7. The highest BCUT2D eigenvalue weighted by molar-refractivity contribution is 7.89. The first kappa shape index (κ1) is 24.6. The van der Waals surface area contributed by atoms with Crippen molar-refractivity contribution in [3.63, 3.8) is 0 Å². The number of allylic oxidation sites excluding steroid dienone is 1. The van der Waals surface area contributed by atoms with Crippen molar-refractivity contribution in [2.24, 2.45) is 0 Å². The van der Waals surface area contributed by atoms with Gasteiger partial charge in [0.25, 0.3) is 10.9 Å². The largest absolute Gasteiger partial charge is 0.380 e. The SMILES string of the molecule is C=CC1=C(C=C)CN(S(=O)(=O)CCCCCCNc2c(Nc3ccncc3)c(=O)c2=O)CC1. The summed E-state index contributed by atoms with van der Waals surface area (Å²) in [6.45, 7) is 8.93. The van der Waals surface area contributed by atoms with E-state index >= 15 is 0 Å². The molecule has 0 atom stereocenters. The Kier molecular flexibility index (Phi) is 8.35. The first-order chi connectivity index (χ1) is 15.9. The molecule has 2 aromatic rings. The number of rotatable bonds is 13. The Hall–Kier alpha value is -3.04. The molecule has 0 amide bonds. The zero-order chi connectivity index (χ0) is 23.8. The maximum atomic E-state index is 12.7. The number of sulfonamides is 1. The molecular weight excluding hydrogens is 440 g/mol. The van der Waals surface area contributed by atoms with Crippen LogP contribution in [0, 0.1) is 0 Å². The Balaban J connectivity index is 1.38. The third kappa shape index (κ3) is 6.06. The molecule has 2 N–H and O–H groups in total. The molecule has 1 aliphatic rings. The summed E-state index contributed by atoms with van der Waals surface area (Å²) in [5.74, 6) is 0.117. The molecule has 176 valence electrons. The van der Waals surface area contributed by atoms with Gasteiger partial charge in [-0.3, -0.25) is 14.6 Å². The van der Waals surface area contributed by atoms with Crippen molar-refractivity contribution in [1.29, 1.82) is 0 Å². The smallest absolute Gasteiger partial charge is 0.253 e. The van der Waals surface area contributed by atoms with E-state index in [0.29, 0.717) is 43.9 Å². The summed E-state index contributed by atoms with van der Waals surface area (Å²) < 4.78 is 26.9. The van der Waals surface area contributed by atoms with Crippen molar-refractivity contribution in [3.8, 4) is 0 Å². The average Bonchev–Trinajstić information content (AvgIpc) is 2.84. The van der Waals surface area contributed by atoms with E-state index in [-0.39, 0.29) is 11.4 Å². The van der Waals surface area contributed by atoms with E-state index < -0.39 is 20.9 Å². The molecule has 0 bridgehead atoms. The van der Waals surface area contributed by atoms with E-state index in [4.69, 9.17) is 0 Å². The molecule has 0 spiro atoms. The van der Waals surface area contributed by atoms with E-state index in [9.17, 15) is 18.0 Å². The normalized spacial score (nSPS) is 14.9. The topological polar surface area (TPSA) is 108 Å². The standard InChI is InChI=1S/C24H30N4O4S/c1-3-18-11-15-28(17-19(18)4-2)33(31,32)16-8-6-5-7-12-26-21-22(24(30)23(21)29)27-20-9-13-25-14-10-20/h3-4,9-10,13-14,26H,1-2,5-8,11-12,15-17H2,(H,25,27). The van der Waals surface area contributed by atoms with E-state index in [2.05, 4.69) is 28.8 Å². The molecule has 3 rings (SSSR count). The molecule has 1 aromatic heterocycles. The van der Waals surface area contributed by atoms with Crippen LogP contribution in [0.25, 0.3) is 0 Å². The second kappa shape index (κ2) is 11.2. The summed E-state index contributed by atoms with van der Waals surface area (Å²) in [6, 6.07) is 3.43. The predicted octanol–water partition coefficient (Wildman–Crippen LogP) is 3.10.